The average molecular weight is 370 g/mol. The summed E-state index contributed by atoms with van der Waals surface area (Å²) >= 11 is 2.20. The van der Waals surface area contributed by atoms with E-state index in [2.05, 4.69) is 22.6 Å². The lowest BCUT2D eigenvalue weighted by molar-refractivity contribution is -0.384. The van der Waals surface area contributed by atoms with E-state index in [0.717, 1.165) is 3.57 Å². The van der Waals surface area contributed by atoms with Crippen LogP contribution in [0.5, 0.6) is 5.75 Å². The molecule has 0 saturated carbocycles. The van der Waals surface area contributed by atoms with E-state index in [1.54, 1.807) is 12.1 Å². The summed E-state index contributed by atoms with van der Waals surface area (Å²) < 4.78 is 6.67. The van der Waals surface area contributed by atoms with Crippen LogP contribution in [0.3, 0.4) is 0 Å². The van der Waals surface area contributed by atoms with Gasteiger partial charge in [-0.25, -0.2) is 0 Å². The largest absolute Gasteiger partial charge is 0.489 e. The zero-order valence-corrected chi connectivity index (χ0v) is 12.0. The molecule has 6 heteroatoms. The Kier molecular flexibility index (Phi) is 4.20. The Bertz CT molecular complexity index is 599. The summed E-state index contributed by atoms with van der Waals surface area (Å²) in [4.78, 5) is 10.3. The van der Waals surface area contributed by atoms with Gasteiger partial charge < -0.3 is 10.5 Å². The van der Waals surface area contributed by atoms with E-state index in [0.29, 0.717) is 11.3 Å². The summed E-state index contributed by atoms with van der Waals surface area (Å²) in [6.45, 7) is 0.202. The number of ether oxygens (including phenoxy) is 1. The topological polar surface area (TPSA) is 78.4 Å². The van der Waals surface area contributed by atoms with Gasteiger partial charge in [-0.1, -0.05) is 12.1 Å². The van der Waals surface area contributed by atoms with Gasteiger partial charge in [0.1, 0.15) is 18.0 Å². The molecule has 0 amide bonds. The molecular formula is C13H11IN2O3. The van der Waals surface area contributed by atoms with E-state index in [1.807, 2.05) is 24.3 Å². The van der Waals surface area contributed by atoms with Crippen LogP contribution in [0, 0.1) is 13.7 Å². The van der Waals surface area contributed by atoms with Crippen LogP contribution < -0.4 is 10.5 Å². The number of nitro benzene ring substituents is 1. The van der Waals surface area contributed by atoms with E-state index in [4.69, 9.17) is 10.5 Å². The molecule has 0 unspecified atom stereocenters. The molecule has 0 radical (unpaired) electrons. The van der Waals surface area contributed by atoms with E-state index in [-0.39, 0.29) is 18.0 Å². The van der Waals surface area contributed by atoms with E-state index in [9.17, 15) is 10.1 Å². The normalized spacial score (nSPS) is 10.2. The van der Waals surface area contributed by atoms with Gasteiger partial charge in [-0.3, -0.25) is 10.1 Å². The van der Waals surface area contributed by atoms with Crippen LogP contribution >= 0.6 is 22.6 Å². The third-order valence-corrected chi connectivity index (χ3v) is 3.30. The first-order valence-electron chi connectivity index (χ1n) is 5.48. The average Bonchev–Trinajstić information content (AvgIpc) is 2.39. The zero-order valence-electron chi connectivity index (χ0n) is 9.88. The maximum absolute atomic E-state index is 10.8. The molecule has 2 N–H and O–H groups in total. The number of hydrogen-bond donors (Lipinski definition) is 1. The molecule has 19 heavy (non-hydrogen) atoms. The molecule has 0 atom stereocenters. The number of benzene rings is 2. The summed E-state index contributed by atoms with van der Waals surface area (Å²) in [5, 5.41) is 10.8. The van der Waals surface area contributed by atoms with Gasteiger partial charge in [0.15, 0.2) is 0 Å². The molecule has 0 bridgehead atoms. The van der Waals surface area contributed by atoms with E-state index < -0.39 is 4.92 Å². The highest BCUT2D eigenvalue weighted by Crippen LogP contribution is 2.26. The SMILES string of the molecule is Nc1c(COc2ccc(I)cc2)cccc1[N+](=O)[O-]. The Labute approximate surface area is 123 Å². The second kappa shape index (κ2) is 5.87. The van der Waals surface area contributed by atoms with Crippen LogP contribution in [0.2, 0.25) is 0 Å². The van der Waals surface area contributed by atoms with Crippen molar-refractivity contribution in [3.63, 3.8) is 0 Å². The third kappa shape index (κ3) is 3.34. The molecule has 0 aliphatic heterocycles. The minimum absolute atomic E-state index is 0.0938. The Morgan fingerprint density at radius 2 is 1.89 bits per heavy atom. The molecule has 0 saturated heterocycles. The fourth-order valence-corrected chi connectivity index (χ4v) is 1.94. The summed E-state index contributed by atoms with van der Waals surface area (Å²) in [5.41, 5.74) is 6.41. The number of nitrogens with zero attached hydrogens (tertiary/aromatic N) is 1. The highest BCUT2D eigenvalue weighted by Gasteiger charge is 2.14. The van der Waals surface area contributed by atoms with Crippen LogP contribution in [0.4, 0.5) is 11.4 Å². The van der Waals surface area contributed by atoms with Crippen LogP contribution in [-0.2, 0) is 6.61 Å². The number of para-hydroxylation sites is 1. The number of hydrogen-bond acceptors (Lipinski definition) is 4. The number of anilines is 1. The Balaban J connectivity index is 2.13. The van der Waals surface area contributed by atoms with Crippen molar-refractivity contribution >= 4 is 34.0 Å². The summed E-state index contributed by atoms with van der Waals surface area (Å²) in [6.07, 6.45) is 0. The molecule has 0 heterocycles. The van der Waals surface area contributed by atoms with Crippen molar-refractivity contribution in [2.45, 2.75) is 6.61 Å². The molecule has 2 aromatic carbocycles. The summed E-state index contributed by atoms with van der Waals surface area (Å²) in [5.74, 6) is 0.700. The first-order valence-corrected chi connectivity index (χ1v) is 6.56. The fraction of sp³-hybridized carbons (Fsp3) is 0.0769. The lowest BCUT2D eigenvalue weighted by Gasteiger charge is -2.08. The predicted octanol–water partition coefficient (Wildman–Crippen LogP) is 3.36. The number of nitrogen functional groups attached to an aromatic ring is 1. The molecule has 0 spiro atoms. The second-order valence-corrected chi connectivity index (χ2v) is 5.10. The molecule has 0 aliphatic rings. The van der Waals surface area contributed by atoms with Gasteiger partial charge in [0, 0.05) is 15.2 Å². The van der Waals surface area contributed by atoms with Gasteiger partial charge in [0.05, 0.1) is 4.92 Å². The van der Waals surface area contributed by atoms with Gasteiger partial charge in [0.2, 0.25) is 0 Å². The summed E-state index contributed by atoms with van der Waals surface area (Å²) in [7, 11) is 0. The molecule has 0 aromatic heterocycles. The molecule has 0 fully saturated rings. The third-order valence-electron chi connectivity index (χ3n) is 2.58. The van der Waals surface area contributed by atoms with Crippen molar-refractivity contribution in [1.29, 1.82) is 0 Å². The van der Waals surface area contributed by atoms with Gasteiger partial charge in [-0.2, -0.15) is 0 Å². The highest BCUT2D eigenvalue weighted by atomic mass is 127. The van der Waals surface area contributed by atoms with Crippen molar-refractivity contribution in [2.75, 3.05) is 5.73 Å². The van der Waals surface area contributed by atoms with Crippen LogP contribution in [-0.4, -0.2) is 4.92 Å². The minimum atomic E-state index is -0.496. The second-order valence-electron chi connectivity index (χ2n) is 3.85. The first-order chi connectivity index (χ1) is 9.08. The predicted molar refractivity (Wildman–Crippen MR) is 81.0 cm³/mol. The van der Waals surface area contributed by atoms with E-state index in [1.165, 1.54) is 6.07 Å². The van der Waals surface area contributed by atoms with Crippen molar-refractivity contribution < 1.29 is 9.66 Å². The Morgan fingerprint density at radius 3 is 2.53 bits per heavy atom. The molecule has 0 aliphatic carbocycles. The van der Waals surface area contributed by atoms with Crippen molar-refractivity contribution in [2.24, 2.45) is 0 Å². The van der Waals surface area contributed by atoms with Gasteiger partial charge in [-0.15, -0.1) is 0 Å². The monoisotopic (exact) mass is 370 g/mol. The first kappa shape index (κ1) is 13.6. The van der Waals surface area contributed by atoms with Crippen LogP contribution in [0.15, 0.2) is 42.5 Å². The van der Waals surface area contributed by atoms with Crippen molar-refractivity contribution in [1.82, 2.24) is 0 Å². The van der Waals surface area contributed by atoms with Gasteiger partial charge in [-0.05, 0) is 46.9 Å². The smallest absolute Gasteiger partial charge is 0.292 e. The van der Waals surface area contributed by atoms with Crippen molar-refractivity contribution in [3.8, 4) is 5.75 Å². The van der Waals surface area contributed by atoms with Crippen LogP contribution in [0.1, 0.15) is 5.56 Å². The molecule has 98 valence electrons. The van der Waals surface area contributed by atoms with Gasteiger partial charge >= 0.3 is 0 Å². The number of halogens is 1. The molecule has 2 rings (SSSR count). The zero-order chi connectivity index (χ0) is 13.8. The van der Waals surface area contributed by atoms with Crippen molar-refractivity contribution in [3.05, 3.63) is 61.7 Å². The fourth-order valence-electron chi connectivity index (χ4n) is 1.58. The number of nitrogens with two attached hydrogens (primary N) is 1. The quantitative estimate of drug-likeness (QED) is 0.388. The lowest BCUT2D eigenvalue weighted by atomic mass is 10.1. The van der Waals surface area contributed by atoms with Gasteiger partial charge in [0.25, 0.3) is 5.69 Å². The molecule has 2 aromatic rings. The maximum atomic E-state index is 10.8. The minimum Gasteiger partial charge on any atom is -0.489 e. The molecule has 5 nitrogen and oxygen atoms in total. The van der Waals surface area contributed by atoms with Crippen LogP contribution in [0.25, 0.3) is 0 Å². The summed E-state index contributed by atoms with van der Waals surface area (Å²) in [6, 6.07) is 12.2. The number of nitro groups is 1. The maximum Gasteiger partial charge on any atom is 0.292 e. The Morgan fingerprint density at radius 1 is 1.21 bits per heavy atom. The Hall–Kier alpha value is -1.83. The molecular weight excluding hydrogens is 359 g/mol. The lowest BCUT2D eigenvalue weighted by Crippen LogP contribution is -2.03. The van der Waals surface area contributed by atoms with E-state index >= 15 is 0 Å². The standard InChI is InChI=1S/C13H11IN2O3/c14-10-4-6-11(7-5-10)19-8-9-2-1-3-12(13(9)15)16(17)18/h1-7H,8,15H2. The number of rotatable bonds is 4. The highest BCUT2D eigenvalue weighted by molar-refractivity contribution is 14.1.